The number of esters is 3. The first-order valence-electron chi connectivity index (χ1n) is 40.6. The molecule has 25 nitrogen and oxygen atoms in total. The van der Waals surface area contributed by atoms with Gasteiger partial charge in [0.15, 0.2) is 14.0 Å². The number of aliphatic imine (C=N–C) groups is 2. The maximum atomic E-state index is 15.9. The molecule has 11 unspecified atom stereocenters. The molecule has 5 bridgehead atoms. The van der Waals surface area contributed by atoms with Crippen LogP contribution in [-0.4, -0.2) is 215 Å². The third-order valence-electron chi connectivity index (χ3n) is 21.9. The van der Waals surface area contributed by atoms with E-state index in [1.165, 1.54) is 30.0 Å². The van der Waals surface area contributed by atoms with E-state index in [0.29, 0.717) is 38.6 Å². The van der Waals surface area contributed by atoms with Crippen molar-refractivity contribution in [3.8, 4) is 0 Å². The van der Waals surface area contributed by atoms with Crippen LogP contribution >= 0.6 is 34.4 Å². The van der Waals surface area contributed by atoms with Gasteiger partial charge in [-0.3, -0.25) is 0 Å². The second kappa shape index (κ2) is 39.4. The Morgan fingerprint density at radius 2 is 1.24 bits per heavy atom. The monoisotopic (exact) mass is 1880 g/mol. The number of thioether (sulfide) groups is 1. The summed E-state index contributed by atoms with van der Waals surface area (Å²) in [4.78, 5) is 147. The van der Waals surface area contributed by atoms with Crippen molar-refractivity contribution in [1.29, 1.82) is 0 Å². The molecule has 118 heavy (non-hydrogen) atoms. The van der Waals surface area contributed by atoms with Gasteiger partial charge in [0, 0.05) is 21.5 Å². The normalized spacial score (nSPS) is 23.9. The standard InChI is InChI=1S/C84H123N11O14S3Se2Si4/c1-49(2)65-73(99)90-64(48-114-54-33-29-26-30-34-54)72(98)89-63(47-113-53-31-27-25-28-32-53)71(97)85-50(3)70(96)95-84(79-93-62(46-112-79)77(101)105-40-42-116(18,19)20)38-37-58(74-92-61(45-110-74)76(100)104-39-41-115(15,16)17)88-69(84)60-44-111-75(91-60)66(94-80(103)107-81(6,7)8)52(5)106-78(102)59-43-56(51(4)108-117(21,22)82(9,10)11)55-35-36-57(86-65)68(67(55)87-59)109-118(23,24)83(12,13)14/h25-36,43,45-46,49-52,57,60,63-66,68-69,86H,37-42,44,47-48H2,1-24H3,(H,85,97)(H,89,98)(H,90,99)(H,94,103)(H,95,96)/t50?,51-,52?,57?,60?,63?,64?,65?,66?,68?,69?,84?/m0/s1. The van der Waals surface area contributed by atoms with Gasteiger partial charge in [-0.1, -0.05) is 60.1 Å². The van der Waals surface area contributed by atoms with E-state index in [2.05, 4.69) is 139 Å². The molecular formula is C84H123N11O14S3Se2Si4. The first-order chi connectivity index (χ1) is 54.9. The summed E-state index contributed by atoms with van der Waals surface area (Å²) in [5.41, 5.74) is -0.505. The predicted octanol–water partition coefficient (Wildman–Crippen LogP) is 13.1. The predicted molar refractivity (Wildman–Crippen MR) is 483 cm³/mol. The Morgan fingerprint density at radius 3 is 1.79 bits per heavy atom. The number of pyridine rings is 1. The van der Waals surface area contributed by atoms with Gasteiger partial charge in [0.1, 0.15) is 17.7 Å². The average Bonchev–Trinajstić information content (AvgIpc) is 1.55. The summed E-state index contributed by atoms with van der Waals surface area (Å²) in [6.07, 6.45) is 0.460. The van der Waals surface area contributed by atoms with Crippen LogP contribution in [0.4, 0.5) is 4.79 Å². The van der Waals surface area contributed by atoms with Crippen LogP contribution in [0.2, 0.25) is 98.3 Å². The van der Waals surface area contributed by atoms with Crippen LogP contribution in [0.5, 0.6) is 0 Å². The minimum atomic E-state index is -2.87. The number of benzene rings is 2. The summed E-state index contributed by atoms with van der Waals surface area (Å²) in [6.45, 7) is 49.2. The number of fused-ring (bicyclic) bond motifs is 5. The molecule has 0 spiro atoms. The summed E-state index contributed by atoms with van der Waals surface area (Å²) in [7, 11) is -8.71. The number of nitrogens with zero attached hydrogens (tertiary/aromatic N) is 5. The number of carbonyl (C=O) groups is 8. The summed E-state index contributed by atoms with van der Waals surface area (Å²) in [6, 6.07) is 13.7. The molecule has 0 saturated heterocycles. The first kappa shape index (κ1) is 95.5. The summed E-state index contributed by atoms with van der Waals surface area (Å²) in [5.74, 6) is -4.84. The zero-order valence-electron chi connectivity index (χ0n) is 72.9. The van der Waals surface area contributed by atoms with Crippen molar-refractivity contribution in [2.75, 3.05) is 19.0 Å². The summed E-state index contributed by atoms with van der Waals surface area (Å²) in [5, 5.41) is 23.2. The fraction of sp³-hybridized carbons (Fsp3) is 0.583. The molecule has 1 aliphatic carbocycles. The number of thiazole rings is 2. The van der Waals surface area contributed by atoms with E-state index >= 15 is 24.0 Å². The third-order valence-corrected chi connectivity index (χ3v) is 42.0. The molecule has 5 amide bonds. The zero-order valence-corrected chi connectivity index (χ0v) is 82.8. The second-order valence-electron chi connectivity index (χ2n) is 37.6. The zero-order chi connectivity index (χ0) is 87.0. The van der Waals surface area contributed by atoms with E-state index in [1.54, 1.807) is 44.5 Å². The summed E-state index contributed by atoms with van der Waals surface area (Å²) < 4.78 is 41.1. The molecule has 0 saturated carbocycles. The molecule has 6 heterocycles. The Hall–Kier alpha value is -6.37. The molecule has 2 aromatic carbocycles. The van der Waals surface area contributed by atoms with E-state index < -0.39 is 179 Å². The van der Waals surface area contributed by atoms with Crippen LogP contribution in [0.25, 0.3) is 6.08 Å². The van der Waals surface area contributed by atoms with Crippen LogP contribution in [0.1, 0.15) is 180 Å². The molecule has 34 heteroatoms. The average molecular weight is 1880 g/mol. The van der Waals surface area contributed by atoms with Crippen LogP contribution < -0.4 is 40.8 Å². The molecule has 3 aliphatic heterocycles. The van der Waals surface area contributed by atoms with Crippen molar-refractivity contribution < 1.29 is 66.2 Å². The van der Waals surface area contributed by atoms with E-state index in [0.717, 1.165) is 26.3 Å². The molecule has 5 aromatic rings. The van der Waals surface area contributed by atoms with Gasteiger partial charge < -0.3 is 28.7 Å². The summed E-state index contributed by atoms with van der Waals surface area (Å²) >= 11 is 2.79. The molecule has 0 fully saturated rings. The van der Waals surface area contributed by atoms with Gasteiger partial charge in [0.2, 0.25) is 0 Å². The number of cyclic esters (lactones) is 1. The van der Waals surface area contributed by atoms with E-state index in [-0.39, 0.29) is 89.6 Å². The van der Waals surface area contributed by atoms with Crippen molar-refractivity contribution in [2.45, 2.75) is 286 Å². The number of alkyl carbamates (subject to hydrolysis) is 1. The number of hydrogen-bond donors (Lipinski definition) is 6. The molecule has 12 atom stereocenters. The van der Waals surface area contributed by atoms with E-state index in [4.69, 9.17) is 52.7 Å². The van der Waals surface area contributed by atoms with Crippen molar-refractivity contribution in [3.05, 3.63) is 127 Å². The fourth-order valence-electron chi connectivity index (χ4n) is 12.9. The number of nitrogens with one attached hydrogen (secondary N) is 6. The number of hydrogen-bond acceptors (Lipinski definition) is 23. The molecule has 6 N–H and O–H groups in total. The Morgan fingerprint density at radius 1 is 0.686 bits per heavy atom. The van der Waals surface area contributed by atoms with Crippen molar-refractivity contribution in [1.82, 2.24) is 46.9 Å². The number of aromatic nitrogens is 3. The van der Waals surface area contributed by atoms with Crippen molar-refractivity contribution in [2.24, 2.45) is 15.9 Å². The Kier molecular flexibility index (Phi) is 31.9. The van der Waals surface area contributed by atoms with Gasteiger partial charge >= 0.3 is 476 Å². The first-order valence-corrected chi connectivity index (χ1v) is 60.7. The number of carbonyl (C=O) groups excluding carboxylic acids is 8. The number of amides is 5. The molecule has 0 radical (unpaired) electrons. The van der Waals surface area contributed by atoms with Gasteiger partial charge in [-0.2, -0.15) is 0 Å². The number of rotatable bonds is 23. The molecular weight excluding hydrogens is 1750 g/mol. The van der Waals surface area contributed by atoms with Crippen molar-refractivity contribution in [3.63, 3.8) is 0 Å². The van der Waals surface area contributed by atoms with Crippen molar-refractivity contribution >= 4 is 171 Å². The van der Waals surface area contributed by atoms with Gasteiger partial charge in [0.05, 0.1) is 13.2 Å². The Balaban J connectivity index is 1.27. The molecule has 644 valence electrons. The van der Waals surface area contributed by atoms with E-state index in [9.17, 15) is 14.4 Å². The maximum absolute atomic E-state index is 15.9. The van der Waals surface area contributed by atoms with Gasteiger partial charge in [-0.25, -0.2) is 24.2 Å². The third kappa shape index (κ3) is 25.4. The Labute approximate surface area is 726 Å². The quantitative estimate of drug-likeness (QED) is 0.0201. The van der Waals surface area contributed by atoms with Gasteiger partial charge in [-0.15, -0.1) is 11.3 Å². The Bertz CT molecular complexity index is 4520. The number of ether oxygens (including phenoxy) is 4. The minimum absolute atomic E-state index is 0.0116. The van der Waals surface area contributed by atoms with E-state index in [1.807, 2.05) is 93.6 Å². The van der Waals surface area contributed by atoms with Crippen LogP contribution in [-0.2, 0) is 52.5 Å². The molecule has 4 aliphatic rings. The fourth-order valence-corrected chi connectivity index (χ4v) is 24.0. The van der Waals surface area contributed by atoms with Crippen LogP contribution in [0.15, 0.2) is 93.6 Å². The van der Waals surface area contributed by atoms with Gasteiger partial charge in [-0.05, 0) is 64.8 Å². The van der Waals surface area contributed by atoms with Crippen LogP contribution in [0.3, 0.4) is 0 Å². The van der Waals surface area contributed by atoms with Crippen LogP contribution in [0, 0.1) is 5.92 Å². The molecule has 9 rings (SSSR count). The topological polar surface area (TPSA) is 328 Å². The second-order valence-corrected chi connectivity index (χ2v) is 65.7. The van der Waals surface area contributed by atoms with Gasteiger partial charge in [0.25, 0.3) is 0 Å². The SMILES string of the molecule is CC1NC(=O)C(C[Se]c2ccccc2)NC(=O)C(C[Se]c2ccccc2)NC(=O)C(C(C)C)NC2C=Cc3c([C@H](C)O[Si](C)(C)C(C)(C)C)cc(nc3C2O[Si](C)(C)C(C)(C)C)C(=O)OC(C)C(NC(=O)OC(C)(C)C)C2=NC(CS2)C2N=C(c3nc(C(=O)OCC[Si](C)(C)C)cs3)CCC2(c2nc(C(=O)OCC[Si](C)(C)C)cs2)NC1=O. The molecule has 3 aromatic heterocycles.